The molecule has 0 bridgehead atoms. The zero-order valence-electron chi connectivity index (χ0n) is 9.81. The van der Waals surface area contributed by atoms with Gasteiger partial charge < -0.3 is 4.90 Å². The second-order valence-corrected chi connectivity index (χ2v) is 4.49. The largest absolute Gasteiger partial charge is 0.354 e. The molecular formula is C12H17N3O. The first-order valence-electron chi connectivity index (χ1n) is 5.71. The van der Waals surface area contributed by atoms with Gasteiger partial charge in [-0.3, -0.25) is 4.79 Å². The topological polar surface area (TPSA) is 46.1 Å². The first-order chi connectivity index (χ1) is 7.66. The number of nitrogens with zero attached hydrogens (tertiary/aromatic N) is 3. The maximum Gasteiger partial charge on any atom is 0.151 e. The van der Waals surface area contributed by atoms with E-state index in [0.29, 0.717) is 0 Å². The summed E-state index contributed by atoms with van der Waals surface area (Å²) in [5.74, 6) is 1.34. The molecule has 86 valence electrons. The van der Waals surface area contributed by atoms with E-state index in [-0.39, 0.29) is 11.7 Å². The van der Waals surface area contributed by atoms with E-state index in [1.807, 2.05) is 13.0 Å². The van der Waals surface area contributed by atoms with Gasteiger partial charge >= 0.3 is 0 Å². The van der Waals surface area contributed by atoms with Gasteiger partial charge in [-0.2, -0.15) is 5.10 Å². The minimum Gasteiger partial charge on any atom is -0.354 e. The molecule has 2 rings (SSSR count). The van der Waals surface area contributed by atoms with Crippen LogP contribution in [0.5, 0.6) is 0 Å². The van der Waals surface area contributed by atoms with Gasteiger partial charge in [-0.15, -0.1) is 5.10 Å². The fourth-order valence-electron chi connectivity index (χ4n) is 2.12. The van der Waals surface area contributed by atoms with Crippen LogP contribution in [-0.2, 0) is 4.79 Å². The molecular weight excluding hydrogens is 202 g/mol. The quantitative estimate of drug-likeness (QED) is 0.757. The van der Waals surface area contributed by atoms with E-state index in [1.54, 1.807) is 13.1 Å². The molecule has 0 N–H and O–H groups in total. The zero-order chi connectivity index (χ0) is 11.5. The smallest absolute Gasteiger partial charge is 0.151 e. The number of hydrogen-bond donors (Lipinski definition) is 0. The summed E-state index contributed by atoms with van der Waals surface area (Å²) in [7, 11) is 0. The van der Waals surface area contributed by atoms with Crippen LogP contribution in [0.15, 0.2) is 12.3 Å². The Kier molecular flexibility index (Phi) is 3.17. The molecule has 0 amide bonds. The van der Waals surface area contributed by atoms with Crippen LogP contribution in [-0.4, -0.2) is 29.1 Å². The lowest BCUT2D eigenvalue weighted by Gasteiger charge is -2.32. The van der Waals surface area contributed by atoms with E-state index in [4.69, 9.17) is 0 Å². The molecule has 0 saturated carbocycles. The molecule has 2 heterocycles. The molecule has 1 atom stereocenters. The van der Waals surface area contributed by atoms with E-state index >= 15 is 0 Å². The van der Waals surface area contributed by atoms with Gasteiger partial charge in [0.05, 0.1) is 6.20 Å². The number of carbonyl (C=O) groups is 1. The van der Waals surface area contributed by atoms with Crippen LogP contribution in [0.2, 0.25) is 0 Å². The highest BCUT2D eigenvalue weighted by Crippen LogP contribution is 2.21. The molecule has 16 heavy (non-hydrogen) atoms. The molecule has 1 fully saturated rings. The van der Waals surface area contributed by atoms with E-state index in [2.05, 4.69) is 15.1 Å². The van der Waals surface area contributed by atoms with Crippen molar-refractivity contribution in [2.75, 3.05) is 18.0 Å². The lowest BCUT2D eigenvalue weighted by molar-refractivity contribution is -0.120. The molecule has 1 saturated heterocycles. The van der Waals surface area contributed by atoms with Gasteiger partial charge in [0.15, 0.2) is 5.82 Å². The number of ketones is 1. The molecule has 4 heteroatoms. The van der Waals surface area contributed by atoms with Crippen molar-refractivity contribution in [3.05, 3.63) is 17.8 Å². The molecule has 4 nitrogen and oxygen atoms in total. The van der Waals surface area contributed by atoms with Gasteiger partial charge in [0.1, 0.15) is 5.78 Å². The number of piperidine rings is 1. The summed E-state index contributed by atoms with van der Waals surface area (Å²) in [6.45, 7) is 5.44. The van der Waals surface area contributed by atoms with Crippen molar-refractivity contribution in [1.29, 1.82) is 0 Å². The first kappa shape index (κ1) is 11.0. The van der Waals surface area contributed by atoms with Gasteiger partial charge in [-0.05, 0) is 38.3 Å². The highest BCUT2D eigenvalue weighted by molar-refractivity contribution is 5.79. The highest BCUT2D eigenvalue weighted by atomic mass is 16.1. The molecule has 1 aliphatic rings. The maximum atomic E-state index is 11.4. The van der Waals surface area contributed by atoms with Crippen molar-refractivity contribution >= 4 is 11.6 Å². The third kappa shape index (κ3) is 2.38. The summed E-state index contributed by atoms with van der Waals surface area (Å²) in [6.07, 6.45) is 3.81. The standard InChI is InChI=1S/C12H17N3O/c1-9-6-12(14-13-7-9)15-5-3-4-11(8-15)10(2)16/h6-7,11H,3-5,8H2,1-2H3. The lowest BCUT2D eigenvalue weighted by atomic mass is 9.94. The summed E-state index contributed by atoms with van der Waals surface area (Å²) >= 11 is 0. The SMILES string of the molecule is CC(=O)C1CCCN(c2cc(C)cnn2)C1. The third-order valence-electron chi connectivity index (χ3n) is 3.10. The van der Waals surface area contributed by atoms with Crippen molar-refractivity contribution in [2.24, 2.45) is 5.92 Å². The second kappa shape index (κ2) is 4.60. The Bertz CT molecular complexity index is 392. The van der Waals surface area contributed by atoms with Crippen molar-refractivity contribution in [3.8, 4) is 0 Å². The fourth-order valence-corrected chi connectivity index (χ4v) is 2.12. The molecule has 1 aromatic heterocycles. The molecule has 0 spiro atoms. The van der Waals surface area contributed by atoms with E-state index in [9.17, 15) is 4.79 Å². The summed E-state index contributed by atoms with van der Waals surface area (Å²) in [5, 5.41) is 8.07. The highest BCUT2D eigenvalue weighted by Gasteiger charge is 2.24. The number of aromatic nitrogens is 2. The van der Waals surface area contributed by atoms with E-state index in [1.165, 1.54) is 0 Å². The number of aryl methyl sites for hydroxylation is 1. The Morgan fingerprint density at radius 3 is 3.06 bits per heavy atom. The summed E-state index contributed by atoms with van der Waals surface area (Å²) in [4.78, 5) is 13.5. The van der Waals surface area contributed by atoms with Gasteiger partial charge in [0.2, 0.25) is 0 Å². The van der Waals surface area contributed by atoms with Crippen molar-refractivity contribution in [3.63, 3.8) is 0 Å². The number of hydrogen-bond acceptors (Lipinski definition) is 4. The van der Waals surface area contributed by atoms with Gasteiger partial charge in [0, 0.05) is 19.0 Å². The van der Waals surface area contributed by atoms with Crippen LogP contribution >= 0.6 is 0 Å². The summed E-state index contributed by atoms with van der Waals surface area (Å²) in [5.41, 5.74) is 1.11. The van der Waals surface area contributed by atoms with Crippen molar-refractivity contribution in [1.82, 2.24) is 10.2 Å². The predicted molar refractivity (Wildman–Crippen MR) is 62.4 cm³/mol. The van der Waals surface area contributed by atoms with E-state index in [0.717, 1.165) is 37.3 Å². The maximum absolute atomic E-state index is 11.4. The van der Waals surface area contributed by atoms with Gasteiger partial charge in [0.25, 0.3) is 0 Å². The molecule has 1 unspecified atom stereocenters. The van der Waals surface area contributed by atoms with E-state index < -0.39 is 0 Å². The van der Waals surface area contributed by atoms with Crippen molar-refractivity contribution in [2.45, 2.75) is 26.7 Å². The fraction of sp³-hybridized carbons (Fsp3) is 0.583. The van der Waals surface area contributed by atoms with Crippen LogP contribution in [0.4, 0.5) is 5.82 Å². The van der Waals surface area contributed by atoms with Gasteiger partial charge in [-0.1, -0.05) is 0 Å². The molecule has 0 aliphatic carbocycles. The van der Waals surface area contributed by atoms with Crippen LogP contribution in [0.1, 0.15) is 25.3 Å². The Labute approximate surface area is 95.7 Å². The average molecular weight is 219 g/mol. The summed E-state index contributed by atoms with van der Waals surface area (Å²) < 4.78 is 0. The Hall–Kier alpha value is -1.45. The molecule has 1 aromatic rings. The van der Waals surface area contributed by atoms with Crippen LogP contribution in [0, 0.1) is 12.8 Å². The first-order valence-corrected chi connectivity index (χ1v) is 5.71. The number of anilines is 1. The molecule has 1 aliphatic heterocycles. The minimum absolute atomic E-state index is 0.163. The monoisotopic (exact) mass is 219 g/mol. The average Bonchev–Trinajstić information content (AvgIpc) is 2.29. The minimum atomic E-state index is 0.163. The number of Topliss-reactive ketones (excluding diaryl/α,β-unsaturated/α-hetero) is 1. The van der Waals surface area contributed by atoms with Gasteiger partial charge in [-0.25, -0.2) is 0 Å². The molecule has 0 aromatic carbocycles. The summed E-state index contributed by atoms with van der Waals surface area (Å²) in [6, 6.07) is 2.02. The van der Waals surface area contributed by atoms with Crippen molar-refractivity contribution < 1.29 is 4.79 Å². The Morgan fingerprint density at radius 1 is 1.56 bits per heavy atom. The van der Waals surface area contributed by atoms with Crippen LogP contribution < -0.4 is 4.90 Å². The Balaban J connectivity index is 2.12. The predicted octanol–water partition coefficient (Wildman–Crippen LogP) is 1.59. The number of carbonyl (C=O) groups excluding carboxylic acids is 1. The lowest BCUT2D eigenvalue weighted by Crippen LogP contribution is -2.38. The number of rotatable bonds is 2. The third-order valence-corrected chi connectivity index (χ3v) is 3.10. The van der Waals surface area contributed by atoms with Crippen LogP contribution in [0.25, 0.3) is 0 Å². The van der Waals surface area contributed by atoms with Crippen LogP contribution in [0.3, 0.4) is 0 Å². The molecule has 0 radical (unpaired) electrons. The normalized spacial score (nSPS) is 20.9. The second-order valence-electron chi connectivity index (χ2n) is 4.49. The zero-order valence-corrected chi connectivity index (χ0v) is 9.81. The Morgan fingerprint density at radius 2 is 2.38 bits per heavy atom.